The van der Waals surface area contributed by atoms with E-state index >= 15 is 0 Å². The minimum atomic E-state index is -0.531. The quantitative estimate of drug-likeness (QED) is 0.723. The van der Waals surface area contributed by atoms with Crippen molar-refractivity contribution in [3.8, 4) is 0 Å². The fraction of sp³-hybridized carbons (Fsp3) is 0.700. The summed E-state index contributed by atoms with van der Waals surface area (Å²) in [4.78, 5) is 4.25. The smallest absolute Gasteiger partial charge is 0.196 e. The minimum absolute atomic E-state index is 0.254. The summed E-state index contributed by atoms with van der Waals surface area (Å²) in [6.07, 6.45) is 1.55. The molecule has 0 aromatic carbocycles. The number of hydrogen-bond acceptors (Lipinski definition) is 2. The standard InChI is InChI=1S/C10H16FNO/c1-7(2)9-12-8(5-13-9)10(3,4)6-11/h5,7H,6H2,1-4H3. The molecule has 3 heteroatoms. The normalized spacial score (nSPS) is 12.5. The SMILES string of the molecule is CC(C)c1nc(C(C)(C)CF)co1. The molecular weight excluding hydrogens is 169 g/mol. The highest BCUT2D eigenvalue weighted by Gasteiger charge is 2.25. The van der Waals surface area contributed by atoms with Crippen LogP contribution in [-0.4, -0.2) is 11.7 Å². The number of aromatic nitrogens is 1. The van der Waals surface area contributed by atoms with Crippen molar-refractivity contribution in [1.29, 1.82) is 0 Å². The lowest BCUT2D eigenvalue weighted by molar-refractivity contribution is 0.343. The number of rotatable bonds is 3. The van der Waals surface area contributed by atoms with Crippen LogP contribution < -0.4 is 0 Å². The van der Waals surface area contributed by atoms with E-state index in [1.807, 2.05) is 27.7 Å². The van der Waals surface area contributed by atoms with E-state index in [1.54, 1.807) is 6.26 Å². The van der Waals surface area contributed by atoms with Gasteiger partial charge in [0.15, 0.2) is 5.89 Å². The Balaban J connectivity index is 2.91. The van der Waals surface area contributed by atoms with E-state index in [9.17, 15) is 4.39 Å². The summed E-state index contributed by atoms with van der Waals surface area (Å²) in [6.45, 7) is 7.21. The second-order valence-electron chi connectivity index (χ2n) is 4.24. The molecule has 0 radical (unpaired) electrons. The molecule has 2 nitrogen and oxygen atoms in total. The van der Waals surface area contributed by atoms with Gasteiger partial charge in [0.25, 0.3) is 0 Å². The summed E-state index contributed by atoms with van der Waals surface area (Å²) < 4.78 is 17.8. The second-order valence-corrected chi connectivity index (χ2v) is 4.24. The van der Waals surface area contributed by atoms with Crippen LogP contribution in [0.5, 0.6) is 0 Å². The second kappa shape index (κ2) is 3.48. The van der Waals surface area contributed by atoms with E-state index in [2.05, 4.69) is 4.98 Å². The van der Waals surface area contributed by atoms with Crippen molar-refractivity contribution < 1.29 is 8.81 Å². The number of alkyl halides is 1. The highest BCUT2D eigenvalue weighted by atomic mass is 19.1. The van der Waals surface area contributed by atoms with E-state index in [-0.39, 0.29) is 5.92 Å². The van der Waals surface area contributed by atoms with Crippen LogP contribution in [0.25, 0.3) is 0 Å². The summed E-state index contributed by atoms with van der Waals surface area (Å²) >= 11 is 0. The van der Waals surface area contributed by atoms with E-state index < -0.39 is 12.1 Å². The lowest BCUT2D eigenvalue weighted by Gasteiger charge is -2.15. The van der Waals surface area contributed by atoms with Gasteiger partial charge in [-0.15, -0.1) is 0 Å². The van der Waals surface area contributed by atoms with Crippen molar-refractivity contribution >= 4 is 0 Å². The fourth-order valence-electron chi connectivity index (χ4n) is 0.932. The molecule has 74 valence electrons. The lowest BCUT2D eigenvalue weighted by atomic mass is 9.92. The van der Waals surface area contributed by atoms with Gasteiger partial charge in [-0.1, -0.05) is 27.7 Å². The monoisotopic (exact) mass is 185 g/mol. The Hall–Kier alpha value is -0.860. The van der Waals surface area contributed by atoms with Gasteiger partial charge in [0.2, 0.25) is 0 Å². The minimum Gasteiger partial charge on any atom is -0.448 e. The summed E-state index contributed by atoms with van der Waals surface area (Å²) in [5.74, 6) is 0.931. The molecule has 1 heterocycles. The van der Waals surface area contributed by atoms with Gasteiger partial charge in [0.1, 0.15) is 12.9 Å². The van der Waals surface area contributed by atoms with Crippen molar-refractivity contribution in [2.45, 2.75) is 39.0 Å². The van der Waals surface area contributed by atoms with E-state index in [1.165, 1.54) is 0 Å². The fourth-order valence-corrected chi connectivity index (χ4v) is 0.932. The third-order valence-electron chi connectivity index (χ3n) is 2.04. The molecule has 0 bridgehead atoms. The maximum absolute atomic E-state index is 12.6. The first-order chi connectivity index (χ1) is 5.97. The number of hydrogen-bond donors (Lipinski definition) is 0. The van der Waals surface area contributed by atoms with Gasteiger partial charge in [-0.3, -0.25) is 4.39 Å². The van der Waals surface area contributed by atoms with Gasteiger partial charge in [-0.25, -0.2) is 4.98 Å². The topological polar surface area (TPSA) is 26.0 Å². The lowest BCUT2D eigenvalue weighted by Crippen LogP contribution is -2.20. The summed E-state index contributed by atoms with van der Waals surface area (Å²) in [7, 11) is 0. The van der Waals surface area contributed by atoms with Crippen molar-refractivity contribution in [3.63, 3.8) is 0 Å². The third-order valence-corrected chi connectivity index (χ3v) is 2.04. The van der Waals surface area contributed by atoms with Crippen molar-refractivity contribution in [2.75, 3.05) is 6.67 Å². The van der Waals surface area contributed by atoms with Crippen molar-refractivity contribution in [3.05, 3.63) is 17.8 Å². The van der Waals surface area contributed by atoms with Crippen LogP contribution in [0.3, 0.4) is 0 Å². The summed E-state index contributed by atoms with van der Waals surface area (Å²) in [5.41, 5.74) is 0.162. The number of nitrogens with zero attached hydrogens (tertiary/aromatic N) is 1. The molecule has 0 N–H and O–H groups in total. The van der Waals surface area contributed by atoms with Crippen molar-refractivity contribution in [2.24, 2.45) is 0 Å². The zero-order valence-electron chi connectivity index (χ0n) is 8.60. The first kappa shape index (κ1) is 10.2. The van der Waals surface area contributed by atoms with Gasteiger partial charge in [0, 0.05) is 11.3 Å². The molecule has 0 spiro atoms. The molecule has 0 aliphatic carbocycles. The highest BCUT2D eigenvalue weighted by Crippen LogP contribution is 2.24. The zero-order valence-corrected chi connectivity index (χ0v) is 8.60. The largest absolute Gasteiger partial charge is 0.448 e. The Morgan fingerprint density at radius 3 is 2.54 bits per heavy atom. The first-order valence-corrected chi connectivity index (χ1v) is 4.49. The summed E-state index contributed by atoms with van der Waals surface area (Å²) in [5, 5.41) is 0. The van der Waals surface area contributed by atoms with Crippen LogP contribution in [0.1, 0.15) is 45.2 Å². The Labute approximate surface area is 78.2 Å². The molecule has 13 heavy (non-hydrogen) atoms. The molecular formula is C10H16FNO. The van der Waals surface area contributed by atoms with Crippen LogP contribution in [0.4, 0.5) is 4.39 Å². The number of halogens is 1. The molecule has 1 rings (SSSR count). The highest BCUT2D eigenvalue weighted by molar-refractivity contribution is 5.11. The molecule has 0 aliphatic heterocycles. The average molecular weight is 185 g/mol. The average Bonchev–Trinajstić information content (AvgIpc) is 2.52. The van der Waals surface area contributed by atoms with Crippen molar-refractivity contribution in [1.82, 2.24) is 4.98 Å². The molecule has 0 saturated carbocycles. The Morgan fingerprint density at radius 1 is 1.54 bits per heavy atom. The Kier molecular flexibility index (Phi) is 2.74. The molecule has 0 atom stereocenters. The first-order valence-electron chi connectivity index (χ1n) is 4.49. The van der Waals surface area contributed by atoms with Gasteiger partial charge in [-0.2, -0.15) is 0 Å². The van der Waals surface area contributed by atoms with Gasteiger partial charge < -0.3 is 4.42 Å². The van der Waals surface area contributed by atoms with Crippen LogP contribution >= 0.6 is 0 Å². The van der Waals surface area contributed by atoms with Gasteiger partial charge in [-0.05, 0) is 0 Å². The maximum atomic E-state index is 12.6. The van der Waals surface area contributed by atoms with E-state index in [4.69, 9.17) is 4.42 Å². The molecule has 0 aliphatic rings. The zero-order chi connectivity index (χ0) is 10.1. The molecule has 0 amide bonds. The summed E-state index contributed by atoms with van der Waals surface area (Å²) in [6, 6.07) is 0. The van der Waals surface area contributed by atoms with Gasteiger partial charge >= 0.3 is 0 Å². The predicted molar refractivity (Wildman–Crippen MR) is 49.6 cm³/mol. The Morgan fingerprint density at radius 2 is 2.15 bits per heavy atom. The Bertz CT molecular complexity index is 278. The molecule has 0 saturated heterocycles. The maximum Gasteiger partial charge on any atom is 0.196 e. The van der Waals surface area contributed by atoms with Crippen LogP contribution in [0.2, 0.25) is 0 Å². The van der Waals surface area contributed by atoms with Crippen LogP contribution in [0, 0.1) is 0 Å². The number of oxazole rings is 1. The third kappa shape index (κ3) is 2.08. The molecule has 1 aromatic rings. The predicted octanol–water partition coefficient (Wildman–Crippen LogP) is 3.05. The molecule has 0 unspecified atom stereocenters. The van der Waals surface area contributed by atoms with Crippen LogP contribution in [0.15, 0.2) is 10.7 Å². The molecule has 1 aromatic heterocycles. The van der Waals surface area contributed by atoms with Crippen LogP contribution in [-0.2, 0) is 5.41 Å². The molecule has 0 fully saturated rings. The van der Waals surface area contributed by atoms with Gasteiger partial charge in [0.05, 0.1) is 5.69 Å². The van der Waals surface area contributed by atoms with E-state index in [0.717, 1.165) is 0 Å². The van der Waals surface area contributed by atoms with E-state index in [0.29, 0.717) is 11.6 Å².